The Morgan fingerprint density at radius 3 is 2.43 bits per heavy atom. The van der Waals surface area contributed by atoms with E-state index in [-0.39, 0.29) is 18.4 Å². The maximum absolute atomic E-state index is 12.8. The molecule has 1 unspecified atom stereocenters. The molecule has 2 atom stereocenters. The van der Waals surface area contributed by atoms with Crippen molar-refractivity contribution in [2.24, 2.45) is 0 Å². The maximum Gasteiger partial charge on any atom is 0.326 e. The van der Waals surface area contributed by atoms with E-state index >= 15 is 0 Å². The summed E-state index contributed by atoms with van der Waals surface area (Å²) in [6.45, 7) is 1.08. The van der Waals surface area contributed by atoms with E-state index in [1.54, 1.807) is 18.2 Å². The van der Waals surface area contributed by atoms with Gasteiger partial charge in [0.2, 0.25) is 5.91 Å². The SMILES string of the molecule is CC(=O)c1cccc(NC(=O)NCC(=O)N2C(c3ccccc3)CC[C@H]2C(=O)O)c1. The molecule has 0 bridgehead atoms. The number of nitrogens with zero attached hydrogens (tertiary/aromatic N) is 1. The second kappa shape index (κ2) is 9.21. The van der Waals surface area contributed by atoms with Crippen LogP contribution in [0.3, 0.4) is 0 Å². The molecule has 2 aromatic rings. The number of carboxylic acids is 1. The third kappa shape index (κ3) is 4.83. The predicted molar refractivity (Wildman–Crippen MR) is 110 cm³/mol. The van der Waals surface area contributed by atoms with Gasteiger partial charge in [-0.3, -0.25) is 9.59 Å². The van der Waals surface area contributed by atoms with Gasteiger partial charge in [0.25, 0.3) is 0 Å². The number of likely N-dealkylation sites (tertiary alicyclic amines) is 1. The van der Waals surface area contributed by atoms with E-state index < -0.39 is 23.9 Å². The van der Waals surface area contributed by atoms with Crippen molar-refractivity contribution < 1.29 is 24.3 Å². The van der Waals surface area contributed by atoms with Gasteiger partial charge in [-0.25, -0.2) is 9.59 Å². The molecule has 8 nitrogen and oxygen atoms in total. The van der Waals surface area contributed by atoms with Crippen LogP contribution in [0.1, 0.15) is 41.7 Å². The normalized spacial score (nSPS) is 18.0. The summed E-state index contributed by atoms with van der Waals surface area (Å²) in [7, 11) is 0. The number of hydrogen-bond donors (Lipinski definition) is 3. The molecule has 1 fully saturated rings. The highest BCUT2D eigenvalue weighted by atomic mass is 16.4. The second-order valence-electron chi connectivity index (χ2n) is 7.10. The van der Waals surface area contributed by atoms with Crippen LogP contribution in [0.5, 0.6) is 0 Å². The van der Waals surface area contributed by atoms with Crippen LogP contribution in [0.4, 0.5) is 10.5 Å². The summed E-state index contributed by atoms with van der Waals surface area (Å²) < 4.78 is 0. The number of nitrogens with one attached hydrogen (secondary N) is 2. The molecule has 1 heterocycles. The molecular formula is C22H23N3O5. The molecule has 2 aromatic carbocycles. The molecule has 3 amide bonds. The number of anilines is 1. The van der Waals surface area contributed by atoms with Gasteiger partial charge in [0.15, 0.2) is 5.78 Å². The van der Waals surface area contributed by atoms with Gasteiger partial charge in [-0.05, 0) is 37.5 Å². The summed E-state index contributed by atoms with van der Waals surface area (Å²) in [6.07, 6.45) is 0.890. The van der Waals surface area contributed by atoms with E-state index in [0.717, 1.165) is 5.56 Å². The topological polar surface area (TPSA) is 116 Å². The molecule has 3 N–H and O–H groups in total. The lowest BCUT2D eigenvalue weighted by Crippen LogP contribution is -2.47. The van der Waals surface area contributed by atoms with Crippen molar-refractivity contribution in [2.45, 2.75) is 31.8 Å². The Kier molecular flexibility index (Phi) is 6.46. The van der Waals surface area contributed by atoms with Gasteiger partial charge in [-0.1, -0.05) is 42.5 Å². The Hall–Kier alpha value is -3.68. The van der Waals surface area contributed by atoms with E-state index in [1.165, 1.54) is 17.9 Å². The standard InChI is InChI=1S/C22H23N3O5/c1-14(26)16-8-5-9-17(12-16)24-22(30)23-13-20(27)25-18(10-11-19(25)21(28)29)15-6-3-2-4-7-15/h2-9,12,18-19H,10-11,13H2,1H3,(H,28,29)(H2,23,24,30)/t18?,19-/m0/s1. The fourth-order valence-electron chi connectivity index (χ4n) is 3.64. The molecule has 1 aliphatic rings. The van der Waals surface area contributed by atoms with Gasteiger partial charge in [0.05, 0.1) is 12.6 Å². The van der Waals surface area contributed by atoms with Crippen LogP contribution in [0.2, 0.25) is 0 Å². The molecule has 0 spiro atoms. The zero-order valence-corrected chi connectivity index (χ0v) is 16.5. The van der Waals surface area contributed by atoms with Crippen LogP contribution >= 0.6 is 0 Å². The summed E-state index contributed by atoms with van der Waals surface area (Å²) in [6, 6.07) is 13.8. The number of benzene rings is 2. The zero-order valence-electron chi connectivity index (χ0n) is 16.5. The number of amides is 3. The molecule has 0 aromatic heterocycles. The molecule has 0 radical (unpaired) electrons. The molecule has 156 valence electrons. The van der Waals surface area contributed by atoms with E-state index in [2.05, 4.69) is 10.6 Å². The number of carbonyl (C=O) groups is 4. The third-order valence-electron chi connectivity index (χ3n) is 5.07. The lowest BCUT2D eigenvalue weighted by Gasteiger charge is -2.28. The molecule has 0 saturated carbocycles. The molecular weight excluding hydrogens is 386 g/mol. The average Bonchev–Trinajstić information content (AvgIpc) is 3.18. The van der Waals surface area contributed by atoms with Gasteiger partial charge < -0.3 is 20.6 Å². The quantitative estimate of drug-likeness (QED) is 0.635. The van der Waals surface area contributed by atoms with Gasteiger partial charge in [-0.15, -0.1) is 0 Å². The molecule has 30 heavy (non-hydrogen) atoms. The number of aliphatic carboxylic acids is 1. The van der Waals surface area contributed by atoms with Crippen molar-refractivity contribution in [3.8, 4) is 0 Å². The van der Waals surface area contributed by atoms with Crippen molar-refractivity contribution >= 4 is 29.4 Å². The molecule has 0 aliphatic carbocycles. The Balaban J connectivity index is 1.65. The summed E-state index contributed by atoms with van der Waals surface area (Å²) in [4.78, 5) is 49.4. The number of hydrogen-bond acceptors (Lipinski definition) is 4. The van der Waals surface area contributed by atoms with Crippen LogP contribution in [0, 0.1) is 0 Å². The number of carbonyl (C=O) groups excluding carboxylic acids is 3. The molecule has 1 aliphatic heterocycles. The van der Waals surface area contributed by atoms with Gasteiger partial charge in [-0.2, -0.15) is 0 Å². The maximum atomic E-state index is 12.8. The highest BCUT2D eigenvalue weighted by Gasteiger charge is 2.41. The average molecular weight is 409 g/mol. The number of ketones is 1. The number of rotatable bonds is 6. The van der Waals surface area contributed by atoms with Gasteiger partial charge in [0.1, 0.15) is 6.04 Å². The number of carboxylic acid groups (broad SMARTS) is 1. The summed E-state index contributed by atoms with van der Waals surface area (Å²) in [5.74, 6) is -1.66. The fourth-order valence-corrected chi connectivity index (χ4v) is 3.64. The van der Waals surface area contributed by atoms with E-state index in [9.17, 15) is 24.3 Å². The summed E-state index contributed by atoms with van der Waals surface area (Å²) >= 11 is 0. The fraction of sp³-hybridized carbons (Fsp3) is 0.273. The van der Waals surface area contributed by atoms with Crippen LogP contribution in [0.25, 0.3) is 0 Å². The monoisotopic (exact) mass is 409 g/mol. The lowest BCUT2D eigenvalue weighted by atomic mass is 10.0. The Bertz CT molecular complexity index is 960. The van der Waals surface area contributed by atoms with Crippen molar-refractivity contribution in [2.75, 3.05) is 11.9 Å². The van der Waals surface area contributed by atoms with E-state index in [0.29, 0.717) is 24.1 Å². The highest BCUT2D eigenvalue weighted by Crippen LogP contribution is 2.36. The van der Waals surface area contributed by atoms with Crippen LogP contribution in [0.15, 0.2) is 54.6 Å². The zero-order chi connectivity index (χ0) is 21.7. The number of urea groups is 1. The van der Waals surface area contributed by atoms with Crippen molar-refractivity contribution in [3.05, 3.63) is 65.7 Å². The van der Waals surface area contributed by atoms with Crippen LogP contribution in [-0.4, -0.2) is 46.3 Å². The molecule has 3 rings (SSSR count). The Morgan fingerprint density at radius 1 is 1.03 bits per heavy atom. The largest absolute Gasteiger partial charge is 0.480 e. The summed E-state index contributed by atoms with van der Waals surface area (Å²) in [5.41, 5.74) is 1.73. The number of Topliss-reactive ketones (excluding diaryl/α,β-unsaturated/α-hetero) is 1. The first kappa shape index (κ1) is 21.0. The Labute approximate surface area is 173 Å². The third-order valence-corrected chi connectivity index (χ3v) is 5.07. The first-order valence-electron chi connectivity index (χ1n) is 9.61. The molecule has 8 heteroatoms. The smallest absolute Gasteiger partial charge is 0.326 e. The van der Waals surface area contributed by atoms with Crippen LogP contribution < -0.4 is 10.6 Å². The van der Waals surface area contributed by atoms with Gasteiger partial charge in [0, 0.05) is 11.3 Å². The van der Waals surface area contributed by atoms with Crippen molar-refractivity contribution in [1.29, 1.82) is 0 Å². The lowest BCUT2D eigenvalue weighted by molar-refractivity contribution is -0.149. The van der Waals surface area contributed by atoms with Crippen LogP contribution in [-0.2, 0) is 9.59 Å². The van der Waals surface area contributed by atoms with Gasteiger partial charge >= 0.3 is 12.0 Å². The first-order chi connectivity index (χ1) is 14.4. The van der Waals surface area contributed by atoms with Crippen molar-refractivity contribution in [1.82, 2.24) is 10.2 Å². The van der Waals surface area contributed by atoms with E-state index in [4.69, 9.17) is 0 Å². The highest BCUT2D eigenvalue weighted by molar-refractivity contribution is 5.97. The minimum absolute atomic E-state index is 0.130. The van der Waals surface area contributed by atoms with E-state index in [1.807, 2.05) is 30.3 Å². The summed E-state index contributed by atoms with van der Waals surface area (Å²) in [5, 5.41) is 14.6. The predicted octanol–water partition coefficient (Wildman–Crippen LogP) is 2.83. The van der Waals surface area contributed by atoms with Crippen molar-refractivity contribution in [3.63, 3.8) is 0 Å². The molecule has 1 saturated heterocycles. The minimum atomic E-state index is -1.06. The minimum Gasteiger partial charge on any atom is -0.480 e. The first-order valence-corrected chi connectivity index (χ1v) is 9.61. The second-order valence-corrected chi connectivity index (χ2v) is 7.10. The Morgan fingerprint density at radius 2 is 1.77 bits per heavy atom.